The molecule has 0 radical (unpaired) electrons. The summed E-state index contributed by atoms with van der Waals surface area (Å²) in [6, 6.07) is 5.43. The normalized spacial score (nSPS) is 22.6. The second-order valence-electron chi connectivity index (χ2n) is 5.88. The molecule has 114 valence electrons. The van der Waals surface area contributed by atoms with Gasteiger partial charge in [0.1, 0.15) is 0 Å². The van der Waals surface area contributed by atoms with Crippen molar-refractivity contribution in [1.82, 2.24) is 0 Å². The lowest BCUT2D eigenvalue weighted by Gasteiger charge is -2.27. The van der Waals surface area contributed by atoms with Gasteiger partial charge >= 0.3 is 6.18 Å². The van der Waals surface area contributed by atoms with Crippen molar-refractivity contribution in [2.24, 2.45) is 11.8 Å². The number of benzene rings is 1. The first-order chi connectivity index (χ1) is 9.90. The van der Waals surface area contributed by atoms with Crippen LogP contribution in [0, 0.1) is 23.2 Å². The number of nitrogens with zero attached hydrogens (tertiary/aromatic N) is 1. The molecule has 2 rings (SSSR count). The number of hydrogen-bond donors (Lipinski definition) is 1. The molecule has 5 heteroatoms. The first kappa shape index (κ1) is 15.7. The van der Waals surface area contributed by atoms with Crippen LogP contribution in [0.1, 0.15) is 43.7 Å². The molecule has 0 atom stereocenters. The zero-order valence-electron chi connectivity index (χ0n) is 12.0. The van der Waals surface area contributed by atoms with Gasteiger partial charge in [-0.25, -0.2) is 0 Å². The molecule has 1 aliphatic rings. The van der Waals surface area contributed by atoms with Crippen LogP contribution >= 0.6 is 0 Å². The monoisotopic (exact) mass is 296 g/mol. The molecule has 0 bridgehead atoms. The molecule has 21 heavy (non-hydrogen) atoms. The van der Waals surface area contributed by atoms with Gasteiger partial charge in [0.05, 0.1) is 17.2 Å². The van der Waals surface area contributed by atoms with Gasteiger partial charge in [-0.1, -0.05) is 19.8 Å². The van der Waals surface area contributed by atoms with Crippen molar-refractivity contribution in [2.75, 3.05) is 11.9 Å². The Kier molecular flexibility index (Phi) is 4.76. The van der Waals surface area contributed by atoms with Crippen LogP contribution in [-0.4, -0.2) is 6.54 Å². The van der Waals surface area contributed by atoms with Gasteiger partial charge in [0.25, 0.3) is 0 Å². The SMILES string of the molecule is CC1CCC(CNc2ccc(C#N)cc2C(F)(F)F)CC1. The lowest BCUT2D eigenvalue weighted by molar-refractivity contribution is -0.137. The molecular formula is C16H19F3N2. The highest BCUT2D eigenvalue weighted by atomic mass is 19.4. The topological polar surface area (TPSA) is 35.8 Å². The van der Waals surface area contributed by atoms with Crippen molar-refractivity contribution in [2.45, 2.75) is 38.8 Å². The van der Waals surface area contributed by atoms with Crippen molar-refractivity contribution in [3.8, 4) is 6.07 Å². The Balaban J connectivity index is 2.07. The minimum Gasteiger partial charge on any atom is -0.384 e. The number of hydrogen-bond acceptors (Lipinski definition) is 2. The van der Waals surface area contributed by atoms with Crippen molar-refractivity contribution in [1.29, 1.82) is 5.26 Å². The Hall–Kier alpha value is -1.70. The smallest absolute Gasteiger partial charge is 0.384 e. The summed E-state index contributed by atoms with van der Waals surface area (Å²) >= 11 is 0. The third-order valence-corrected chi connectivity index (χ3v) is 4.17. The molecular weight excluding hydrogens is 277 g/mol. The third-order valence-electron chi connectivity index (χ3n) is 4.17. The van der Waals surface area contributed by atoms with Crippen LogP contribution in [-0.2, 0) is 6.18 Å². The fraction of sp³-hybridized carbons (Fsp3) is 0.562. The molecule has 1 N–H and O–H groups in total. The molecule has 2 nitrogen and oxygen atoms in total. The molecule has 1 fully saturated rings. The van der Waals surface area contributed by atoms with Crippen LogP contribution in [0.15, 0.2) is 18.2 Å². The second kappa shape index (κ2) is 6.38. The van der Waals surface area contributed by atoms with Gasteiger partial charge in [-0.05, 0) is 42.9 Å². The number of rotatable bonds is 3. The zero-order valence-corrected chi connectivity index (χ0v) is 12.0. The van der Waals surface area contributed by atoms with E-state index in [9.17, 15) is 13.2 Å². The molecule has 0 aliphatic heterocycles. The van der Waals surface area contributed by atoms with E-state index >= 15 is 0 Å². The average molecular weight is 296 g/mol. The zero-order chi connectivity index (χ0) is 15.5. The van der Waals surface area contributed by atoms with Gasteiger partial charge in [-0.15, -0.1) is 0 Å². The Labute approximate surface area is 123 Å². The summed E-state index contributed by atoms with van der Waals surface area (Å²) in [6.45, 7) is 2.77. The summed E-state index contributed by atoms with van der Waals surface area (Å²) < 4.78 is 39.1. The predicted molar refractivity (Wildman–Crippen MR) is 75.8 cm³/mol. The molecule has 0 aromatic heterocycles. The third kappa shape index (κ3) is 4.13. The standard InChI is InChI=1S/C16H19F3N2/c1-11-2-4-12(5-3-11)10-21-15-7-6-13(9-20)8-14(15)16(17,18)19/h6-8,11-12,21H,2-5,10H2,1H3. The largest absolute Gasteiger partial charge is 0.418 e. The van der Waals surface area contributed by atoms with E-state index in [0.29, 0.717) is 12.5 Å². The van der Waals surface area contributed by atoms with Crippen LogP contribution in [0.25, 0.3) is 0 Å². The fourth-order valence-electron chi connectivity index (χ4n) is 2.79. The van der Waals surface area contributed by atoms with Gasteiger partial charge in [0.2, 0.25) is 0 Å². The lowest BCUT2D eigenvalue weighted by atomic mass is 9.83. The number of nitrogens with one attached hydrogen (secondary N) is 1. The summed E-state index contributed by atoms with van der Waals surface area (Å²) in [5, 5.41) is 11.7. The Morgan fingerprint density at radius 3 is 2.48 bits per heavy atom. The molecule has 1 saturated carbocycles. The van der Waals surface area contributed by atoms with E-state index in [2.05, 4.69) is 12.2 Å². The number of alkyl halides is 3. The average Bonchev–Trinajstić information content (AvgIpc) is 2.45. The maximum absolute atomic E-state index is 13.0. The van der Waals surface area contributed by atoms with Crippen molar-refractivity contribution < 1.29 is 13.2 Å². The van der Waals surface area contributed by atoms with Crippen LogP contribution in [0.5, 0.6) is 0 Å². The van der Waals surface area contributed by atoms with E-state index in [1.54, 1.807) is 6.07 Å². The summed E-state index contributed by atoms with van der Waals surface area (Å²) in [5.74, 6) is 1.15. The van der Waals surface area contributed by atoms with E-state index in [4.69, 9.17) is 5.26 Å². The fourth-order valence-corrected chi connectivity index (χ4v) is 2.79. The molecule has 1 aromatic carbocycles. The Bertz CT molecular complexity index is 523. The first-order valence-corrected chi connectivity index (χ1v) is 7.25. The molecule has 0 amide bonds. The summed E-state index contributed by atoms with van der Waals surface area (Å²) in [7, 11) is 0. The first-order valence-electron chi connectivity index (χ1n) is 7.25. The molecule has 1 aromatic rings. The quantitative estimate of drug-likeness (QED) is 0.868. The van der Waals surface area contributed by atoms with Crippen LogP contribution in [0.2, 0.25) is 0 Å². The van der Waals surface area contributed by atoms with E-state index in [-0.39, 0.29) is 11.3 Å². The molecule has 1 aliphatic carbocycles. The Morgan fingerprint density at radius 1 is 1.24 bits per heavy atom. The van der Waals surface area contributed by atoms with Crippen molar-refractivity contribution in [3.05, 3.63) is 29.3 Å². The van der Waals surface area contributed by atoms with Crippen molar-refractivity contribution in [3.63, 3.8) is 0 Å². The van der Waals surface area contributed by atoms with Crippen LogP contribution < -0.4 is 5.32 Å². The van der Waals surface area contributed by atoms with Gasteiger partial charge < -0.3 is 5.32 Å². The van der Waals surface area contributed by atoms with E-state index in [0.717, 1.165) is 37.7 Å². The van der Waals surface area contributed by atoms with Gasteiger partial charge in [-0.3, -0.25) is 0 Å². The number of anilines is 1. The highest BCUT2D eigenvalue weighted by Crippen LogP contribution is 2.36. The van der Waals surface area contributed by atoms with Gasteiger partial charge in [-0.2, -0.15) is 18.4 Å². The summed E-state index contributed by atoms with van der Waals surface area (Å²) in [4.78, 5) is 0. The highest BCUT2D eigenvalue weighted by Gasteiger charge is 2.34. The highest BCUT2D eigenvalue weighted by molar-refractivity contribution is 5.56. The molecule has 0 spiro atoms. The minimum absolute atomic E-state index is 0.0272. The van der Waals surface area contributed by atoms with E-state index in [1.165, 1.54) is 12.1 Å². The summed E-state index contributed by atoms with van der Waals surface area (Å²) in [5.41, 5.74) is -0.662. The lowest BCUT2D eigenvalue weighted by Crippen LogP contribution is -2.21. The number of halogens is 3. The predicted octanol–water partition coefficient (Wildman–Crippen LogP) is 4.82. The van der Waals surface area contributed by atoms with Crippen molar-refractivity contribution >= 4 is 5.69 Å². The Morgan fingerprint density at radius 2 is 1.90 bits per heavy atom. The maximum atomic E-state index is 13.0. The van der Waals surface area contributed by atoms with Gasteiger partial charge in [0, 0.05) is 12.2 Å². The van der Waals surface area contributed by atoms with E-state index < -0.39 is 11.7 Å². The molecule has 0 heterocycles. The number of nitriles is 1. The minimum atomic E-state index is -4.45. The van der Waals surface area contributed by atoms with Gasteiger partial charge in [0.15, 0.2) is 0 Å². The second-order valence-corrected chi connectivity index (χ2v) is 5.88. The maximum Gasteiger partial charge on any atom is 0.418 e. The molecule has 0 saturated heterocycles. The van der Waals surface area contributed by atoms with Crippen LogP contribution in [0.3, 0.4) is 0 Å². The van der Waals surface area contributed by atoms with E-state index in [1.807, 2.05) is 0 Å². The molecule has 0 unspecified atom stereocenters. The van der Waals surface area contributed by atoms with Crippen LogP contribution in [0.4, 0.5) is 18.9 Å². The summed E-state index contributed by atoms with van der Waals surface area (Å²) in [6.07, 6.45) is -0.0362.